The molecule has 0 amide bonds. The van der Waals surface area contributed by atoms with Gasteiger partial charge in [0.15, 0.2) is 5.82 Å². The zero-order valence-electron chi connectivity index (χ0n) is 12.4. The minimum absolute atomic E-state index is 0.0576. The van der Waals surface area contributed by atoms with Crippen molar-refractivity contribution in [2.45, 2.75) is 6.04 Å². The highest BCUT2D eigenvalue weighted by Crippen LogP contribution is 2.35. The summed E-state index contributed by atoms with van der Waals surface area (Å²) in [6.07, 6.45) is 3.28. The summed E-state index contributed by atoms with van der Waals surface area (Å²) in [7, 11) is 0. The molecule has 0 saturated carbocycles. The molecule has 0 spiro atoms. The van der Waals surface area contributed by atoms with Gasteiger partial charge in [-0.15, -0.1) is 0 Å². The van der Waals surface area contributed by atoms with Gasteiger partial charge in [-0.2, -0.15) is 0 Å². The highest BCUT2D eigenvalue weighted by atomic mass is 79.9. The van der Waals surface area contributed by atoms with Gasteiger partial charge in [0.1, 0.15) is 6.33 Å². The Bertz CT molecular complexity index is 905. The summed E-state index contributed by atoms with van der Waals surface area (Å²) >= 11 is 6.97. The third kappa shape index (κ3) is 2.99. The van der Waals surface area contributed by atoms with Crippen molar-refractivity contribution in [3.8, 4) is 0 Å². The number of benzene rings is 2. The Balaban J connectivity index is 1.85. The molecule has 1 aliphatic rings. The highest BCUT2D eigenvalue weighted by molar-refractivity contribution is 9.10. The molecule has 4 rings (SSSR count). The van der Waals surface area contributed by atoms with Crippen LogP contribution < -0.4 is 5.32 Å². The number of halogens is 2. The van der Waals surface area contributed by atoms with Crippen LogP contribution in [0, 0.1) is 0 Å². The zero-order chi connectivity index (χ0) is 16.5. The van der Waals surface area contributed by atoms with Crippen LogP contribution in [0.2, 0.25) is 0 Å². The lowest BCUT2D eigenvalue weighted by Gasteiger charge is -2.27. The average molecular weight is 444 g/mol. The number of fused-ring (bicyclic) bond motifs is 1. The van der Waals surface area contributed by atoms with E-state index in [1.165, 1.54) is 6.33 Å². The maximum absolute atomic E-state index is 4.80. The van der Waals surface area contributed by atoms with E-state index in [2.05, 4.69) is 71.4 Å². The van der Waals surface area contributed by atoms with E-state index < -0.39 is 0 Å². The van der Waals surface area contributed by atoms with Crippen LogP contribution >= 0.6 is 31.9 Å². The van der Waals surface area contributed by atoms with E-state index in [0.717, 1.165) is 31.5 Å². The maximum Gasteiger partial charge on any atom is 0.179 e. The van der Waals surface area contributed by atoms with Crippen LogP contribution in [0.15, 0.2) is 75.0 Å². The fourth-order valence-corrected chi connectivity index (χ4v) is 3.19. The maximum atomic E-state index is 4.80. The summed E-state index contributed by atoms with van der Waals surface area (Å²) in [5.74, 6) is 0.663. The first-order valence-corrected chi connectivity index (χ1v) is 8.96. The molecule has 1 N–H and O–H groups in total. The largest absolute Gasteiger partial charge is 0.368 e. The van der Waals surface area contributed by atoms with E-state index in [1.54, 1.807) is 6.20 Å². The summed E-state index contributed by atoms with van der Waals surface area (Å²) in [6, 6.07) is 16.3. The van der Waals surface area contributed by atoms with Gasteiger partial charge >= 0.3 is 0 Å². The molecular formula is C18H12Br2N4. The van der Waals surface area contributed by atoms with Crippen molar-refractivity contribution in [2.24, 2.45) is 4.99 Å². The molecule has 1 aromatic heterocycles. The van der Waals surface area contributed by atoms with Gasteiger partial charge in [0.2, 0.25) is 0 Å². The van der Waals surface area contributed by atoms with Gasteiger partial charge in [-0.25, -0.2) is 15.0 Å². The molecule has 0 fully saturated rings. The van der Waals surface area contributed by atoms with E-state index >= 15 is 0 Å². The van der Waals surface area contributed by atoms with Gasteiger partial charge in [0.05, 0.1) is 23.6 Å². The van der Waals surface area contributed by atoms with E-state index in [4.69, 9.17) is 4.99 Å². The second-order valence-corrected chi connectivity index (χ2v) is 7.22. The van der Waals surface area contributed by atoms with Gasteiger partial charge in [0, 0.05) is 8.95 Å². The first-order valence-electron chi connectivity index (χ1n) is 7.37. The molecule has 0 aliphatic carbocycles. The lowest BCUT2D eigenvalue weighted by molar-refractivity contribution is 0.986. The molecule has 0 bridgehead atoms. The van der Waals surface area contributed by atoms with Crippen molar-refractivity contribution >= 4 is 49.1 Å². The monoisotopic (exact) mass is 442 g/mol. The Hall–Kier alpha value is -2.05. The van der Waals surface area contributed by atoms with Crippen molar-refractivity contribution in [2.75, 3.05) is 5.32 Å². The Morgan fingerprint density at radius 1 is 0.875 bits per heavy atom. The van der Waals surface area contributed by atoms with Crippen molar-refractivity contribution < 1.29 is 0 Å². The summed E-state index contributed by atoms with van der Waals surface area (Å²) < 4.78 is 2.09. The van der Waals surface area contributed by atoms with E-state index in [1.807, 2.05) is 24.3 Å². The van der Waals surface area contributed by atoms with Crippen molar-refractivity contribution in [3.05, 3.63) is 81.1 Å². The molecular weight excluding hydrogens is 432 g/mol. The Labute approximate surface area is 156 Å². The molecule has 2 heterocycles. The van der Waals surface area contributed by atoms with E-state index in [9.17, 15) is 0 Å². The molecule has 0 radical (unpaired) electrons. The molecule has 1 unspecified atom stereocenters. The standard InChI is InChI=1S/C18H12Br2N4/c19-13-5-1-11(2-6-13)16-17(12-3-7-14(20)8-4-12)24-18-15(23-16)9-21-10-22-18/h1-10,16,23H. The van der Waals surface area contributed by atoms with Crippen LogP contribution in [0.5, 0.6) is 0 Å². The Kier molecular flexibility index (Phi) is 4.16. The summed E-state index contributed by atoms with van der Waals surface area (Å²) in [6.45, 7) is 0. The molecule has 1 atom stereocenters. The van der Waals surface area contributed by atoms with Crippen LogP contribution in [0.4, 0.5) is 11.5 Å². The van der Waals surface area contributed by atoms with Gasteiger partial charge in [-0.3, -0.25) is 0 Å². The number of rotatable bonds is 2. The molecule has 0 saturated heterocycles. The number of anilines is 1. The second-order valence-electron chi connectivity index (χ2n) is 5.39. The van der Waals surface area contributed by atoms with Crippen LogP contribution in [-0.2, 0) is 0 Å². The average Bonchev–Trinajstić information content (AvgIpc) is 2.62. The van der Waals surface area contributed by atoms with Crippen molar-refractivity contribution in [1.82, 2.24) is 9.97 Å². The number of nitrogens with one attached hydrogen (secondary N) is 1. The van der Waals surface area contributed by atoms with Crippen molar-refractivity contribution in [3.63, 3.8) is 0 Å². The summed E-state index contributed by atoms with van der Waals surface area (Å²) in [5.41, 5.74) is 3.97. The van der Waals surface area contributed by atoms with Crippen LogP contribution in [0.25, 0.3) is 0 Å². The second kappa shape index (κ2) is 6.45. The summed E-state index contributed by atoms with van der Waals surface area (Å²) in [5, 5.41) is 3.51. The smallest absolute Gasteiger partial charge is 0.179 e. The lowest BCUT2D eigenvalue weighted by atomic mass is 9.95. The third-order valence-electron chi connectivity index (χ3n) is 3.83. The number of aromatic nitrogens is 2. The van der Waals surface area contributed by atoms with E-state index in [-0.39, 0.29) is 6.04 Å². The molecule has 6 heteroatoms. The first kappa shape index (κ1) is 15.5. The molecule has 24 heavy (non-hydrogen) atoms. The number of nitrogens with zero attached hydrogens (tertiary/aromatic N) is 3. The van der Waals surface area contributed by atoms with Gasteiger partial charge < -0.3 is 5.32 Å². The number of hydrogen-bond acceptors (Lipinski definition) is 4. The topological polar surface area (TPSA) is 50.2 Å². The lowest BCUT2D eigenvalue weighted by Crippen LogP contribution is -2.25. The van der Waals surface area contributed by atoms with Gasteiger partial charge in [0.25, 0.3) is 0 Å². The molecule has 4 nitrogen and oxygen atoms in total. The number of hydrogen-bond donors (Lipinski definition) is 1. The molecule has 1 aliphatic heterocycles. The third-order valence-corrected chi connectivity index (χ3v) is 4.89. The Morgan fingerprint density at radius 2 is 1.54 bits per heavy atom. The fourth-order valence-electron chi connectivity index (χ4n) is 2.66. The quantitative estimate of drug-likeness (QED) is 0.585. The minimum atomic E-state index is -0.0576. The minimum Gasteiger partial charge on any atom is -0.368 e. The Morgan fingerprint density at radius 3 is 2.25 bits per heavy atom. The molecule has 3 aromatic rings. The zero-order valence-corrected chi connectivity index (χ0v) is 15.6. The summed E-state index contributed by atoms with van der Waals surface area (Å²) in [4.78, 5) is 13.2. The normalized spacial score (nSPS) is 16.1. The van der Waals surface area contributed by atoms with Crippen LogP contribution in [-0.4, -0.2) is 15.7 Å². The van der Waals surface area contributed by atoms with Gasteiger partial charge in [-0.1, -0.05) is 56.1 Å². The van der Waals surface area contributed by atoms with Crippen LogP contribution in [0.1, 0.15) is 17.2 Å². The van der Waals surface area contributed by atoms with Crippen LogP contribution in [0.3, 0.4) is 0 Å². The predicted molar refractivity (Wildman–Crippen MR) is 103 cm³/mol. The number of aliphatic imine (C=N–C) groups is 1. The predicted octanol–water partition coefficient (Wildman–Crippen LogP) is 5.29. The highest BCUT2D eigenvalue weighted by Gasteiger charge is 2.26. The molecule has 118 valence electrons. The molecule has 2 aromatic carbocycles. The van der Waals surface area contributed by atoms with Gasteiger partial charge in [-0.05, 0) is 35.4 Å². The fraction of sp³-hybridized carbons (Fsp3) is 0.0556. The van der Waals surface area contributed by atoms with E-state index in [0.29, 0.717) is 5.82 Å². The first-order chi connectivity index (χ1) is 11.7. The SMILES string of the molecule is Brc1ccc(C2=Nc3ncncc3NC2c2ccc(Br)cc2)cc1. The van der Waals surface area contributed by atoms with Crippen molar-refractivity contribution in [1.29, 1.82) is 0 Å².